The predicted octanol–water partition coefficient (Wildman–Crippen LogP) is 4.30. The van der Waals surface area contributed by atoms with Gasteiger partial charge in [-0.15, -0.1) is 0 Å². The predicted molar refractivity (Wildman–Crippen MR) is 60.7 cm³/mol. The van der Waals surface area contributed by atoms with Gasteiger partial charge in [0.15, 0.2) is 0 Å². The van der Waals surface area contributed by atoms with E-state index in [9.17, 15) is 18.0 Å². The minimum absolute atomic E-state index is 0.0853. The largest absolute Gasteiger partial charge is 0.416 e. The topological polar surface area (TPSA) is 17.1 Å². The van der Waals surface area contributed by atoms with E-state index < -0.39 is 17.7 Å². The summed E-state index contributed by atoms with van der Waals surface area (Å²) in [5, 5.41) is 0. The summed E-state index contributed by atoms with van der Waals surface area (Å²) in [5.41, 5.74) is -0.588. The zero-order valence-corrected chi connectivity index (χ0v) is 10.4. The molecule has 1 atom stereocenters. The Kier molecular flexibility index (Phi) is 3.30. The molecule has 1 saturated carbocycles. The van der Waals surface area contributed by atoms with Crippen LogP contribution in [0.1, 0.15) is 36.3 Å². The lowest BCUT2D eigenvalue weighted by Crippen LogP contribution is -2.14. The van der Waals surface area contributed by atoms with Crippen LogP contribution in [0, 0.1) is 0 Å². The number of alkyl halides is 3. The molecule has 0 amide bonds. The molecule has 0 radical (unpaired) electrons. The van der Waals surface area contributed by atoms with Gasteiger partial charge in [-0.3, -0.25) is 4.79 Å². The van der Waals surface area contributed by atoms with Crippen LogP contribution in [-0.2, 0) is 11.0 Å². The zero-order valence-electron chi connectivity index (χ0n) is 8.85. The quantitative estimate of drug-likeness (QED) is 0.756. The Morgan fingerprint density at radius 3 is 2.53 bits per heavy atom. The molecule has 2 rings (SSSR count). The first-order chi connectivity index (χ1) is 7.89. The van der Waals surface area contributed by atoms with Crippen molar-refractivity contribution in [1.82, 2.24) is 0 Å². The first-order valence-electron chi connectivity index (χ1n) is 5.29. The number of Topliss-reactive ketones (excluding diaryl/α,β-unsaturated/α-hetero) is 1. The van der Waals surface area contributed by atoms with Crippen LogP contribution in [0.15, 0.2) is 22.7 Å². The van der Waals surface area contributed by atoms with Gasteiger partial charge in [0.05, 0.1) is 5.56 Å². The van der Waals surface area contributed by atoms with E-state index in [2.05, 4.69) is 15.9 Å². The molecule has 0 heterocycles. The summed E-state index contributed by atoms with van der Waals surface area (Å²) in [4.78, 5) is 11.6. The first kappa shape index (κ1) is 12.6. The lowest BCUT2D eigenvalue weighted by Gasteiger charge is -2.17. The highest BCUT2D eigenvalue weighted by Gasteiger charge is 2.38. The Balaban J connectivity index is 2.50. The Morgan fingerprint density at radius 2 is 2.00 bits per heavy atom. The van der Waals surface area contributed by atoms with Crippen LogP contribution in [0.2, 0.25) is 0 Å². The second-order valence-corrected chi connectivity index (χ2v) is 5.06. The van der Waals surface area contributed by atoms with E-state index in [4.69, 9.17) is 0 Å². The van der Waals surface area contributed by atoms with Crippen molar-refractivity contribution in [2.75, 3.05) is 0 Å². The van der Waals surface area contributed by atoms with Crippen LogP contribution >= 0.6 is 15.9 Å². The fraction of sp³-hybridized carbons (Fsp3) is 0.417. The summed E-state index contributed by atoms with van der Waals surface area (Å²) in [6, 6.07) is 4.00. The molecule has 0 saturated heterocycles. The molecule has 0 aromatic heterocycles. The van der Waals surface area contributed by atoms with Crippen molar-refractivity contribution in [1.29, 1.82) is 0 Å². The Hall–Kier alpha value is -0.840. The fourth-order valence-electron chi connectivity index (χ4n) is 2.22. The van der Waals surface area contributed by atoms with Crippen LogP contribution in [0.5, 0.6) is 0 Å². The molecule has 0 spiro atoms. The second-order valence-electron chi connectivity index (χ2n) is 4.14. The number of carbonyl (C=O) groups excluding carboxylic acids is 1. The van der Waals surface area contributed by atoms with Crippen molar-refractivity contribution >= 4 is 21.7 Å². The molecule has 0 aliphatic heterocycles. The summed E-state index contributed by atoms with van der Waals surface area (Å²) in [5.74, 6) is -0.669. The van der Waals surface area contributed by atoms with Gasteiger partial charge >= 0.3 is 6.18 Å². The first-order valence-corrected chi connectivity index (χ1v) is 6.08. The molecule has 1 aliphatic carbocycles. The van der Waals surface area contributed by atoms with Crippen LogP contribution in [-0.4, -0.2) is 5.78 Å². The number of rotatable bonds is 1. The number of hydrogen-bond acceptors (Lipinski definition) is 1. The lowest BCUT2D eigenvalue weighted by atomic mass is 9.92. The number of hydrogen-bond donors (Lipinski definition) is 0. The molecular formula is C12H10BrF3O. The highest BCUT2D eigenvalue weighted by atomic mass is 79.9. The van der Waals surface area contributed by atoms with Crippen LogP contribution in [0.3, 0.4) is 0 Å². The van der Waals surface area contributed by atoms with Gasteiger partial charge in [0.25, 0.3) is 0 Å². The van der Waals surface area contributed by atoms with E-state index in [-0.39, 0.29) is 11.3 Å². The number of benzene rings is 1. The monoisotopic (exact) mass is 306 g/mol. The molecule has 1 aromatic carbocycles. The minimum Gasteiger partial charge on any atom is -0.299 e. The lowest BCUT2D eigenvalue weighted by molar-refractivity contribution is -0.138. The normalized spacial score (nSPS) is 20.9. The maximum atomic E-state index is 12.9. The van der Waals surface area contributed by atoms with Gasteiger partial charge in [0, 0.05) is 16.8 Å². The SMILES string of the molecule is O=C1CCCC1c1ccc(Br)cc1C(F)(F)F. The fourth-order valence-corrected chi connectivity index (χ4v) is 2.58. The molecule has 5 heteroatoms. The van der Waals surface area contributed by atoms with Gasteiger partial charge in [0.1, 0.15) is 5.78 Å². The molecule has 1 nitrogen and oxygen atoms in total. The average Bonchev–Trinajstić information content (AvgIpc) is 2.63. The Morgan fingerprint density at radius 1 is 1.29 bits per heavy atom. The summed E-state index contributed by atoms with van der Waals surface area (Å²) < 4.78 is 39.0. The highest BCUT2D eigenvalue weighted by molar-refractivity contribution is 9.10. The third-order valence-electron chi connectivity index (χ3n) is 3.00. The zero-order chi connectivity index (χ0) is 12.6. The summed E-state index contributed by atoms with van der Waals surface area (Å²) in [6.07, 6.45) is -2.83. The maximum absolute atomic E-state index is 12.9. The van der Waals surface area contributed by atoms with Gasteiger partial charge in [0.2, 0.25) is 0 Å². The van der Waals surface area contributed by atoms with Crippen LogP contribution in [0.25, 0.3) is 0 Å². The maximum Gasteiger partial charge on any atom is 0.416 e. The molecule has 1 fully saturated rings. The van der Waals surface area contributed by atoms with E-state index >= 15 is 0 Å². The van der Waals surface area contributed by atoms with Crippen molar-refractivity contribution in [3.05, 3.63) is 33.8 Å². The summed E-state index contributed by atoms with van der Waals surface area (Å²) >= 11 is 3.03. The van der Waals surface area contributed by atoms with E-state index in [1.54, 1.807) is 6.07 Å². The van der Waals surface area contributed by atoms with Crippen molar-refractivity contribution < 1.29 is 18.0 Å². The van der Waals surface area contributed by atoms with E-state index in [1.165, 1.54) is 6.07 Å². The van der Waals surface area contributed by atoms with Gasteiger partial charge in [-0.05, 0) is 30.5 Å². The molecule has 0 bridgehead atoms. The molecule has 1 aromatic rings. The molecule has 1 aliphatic rings. The van der Waals surface area contributed by atoms with Gasteiger partial charge in [-0.25, -0.2) is 0 Å². The van der Waals surface area contributed by atoms with Gasteiger partial charge in [-0.1, -0.05) is 22.0 Å². The van der Waals surface area contributed by atoms with E-state index in [0.29, 0.717) is 23.7 Å². The van der Waals surface area contributed by atoms with Crippen LogP contribution in [0.4, 0.5) is 13.2 Å². The summed E-state index contributed by atoms with van der Waals surface area (Å²) in [7, 11) is 0. The van der Waals surface area contributed by atoms with Crippen molar-refractivity contribution in [2.24, 2.45) is 0 Å². The molecule has 17 heavy (non-hydrogen) atoms. The average molecular weight is 307 g/mol. The number of carbonyl (C=O) groups is 1. The standard InChI is InChI=1S/C12H10BrF3O/c13-7-4-5-8(9-2-1-3-11(9)17)10(6-7)12(14,15)16/h4-6,9H,1-3H2. The van der Waals surface area contributed by atoms with Crippen molar-refractivity contribution in [2.45, 2.75) is 31.4 Å². The van der Waals surface area contributed by atoms with E-state index in [0.717, 1.165) is 6.07 Å². The molecule has 1 unspecified atom stereocenters. The summed E-state index contributed by atoms with van der Waals surface area (Å²) in [6.45, 7) is 0. The second kappa shape index (κ2) is 4.44. The Labute approximate surface area is 105 Å². The third-order valence-corrected chi connectivity index (χ3v) is 3.49. The minimum atomic E-state index is -4.41. The highest BCUT2D eigenvalue weighted by Crippen LogP contribution is 2.40. The molecule has 92 valence electrons. The smallest absolute Gasteiger partial charge is 0.299 e. The Bertz CT molecular complexity index is 454. The van der Waals surface area contributed by atoms with Crippen LogP contribution < -0.4 is 0 Å². The van der Waals surface area contributed by atoms with E-state index in [1.807, 2.05) is 0 Å². The number of halogens is 4. The van der Waals surface area contributed by atoms with Crippen molar-refractivity contribution in [3.8, 4) is 0 Å². The molecular weight excluding hydrogens is 297 g/mol. The number of ketones is 1. The van der Waals surface area contributed by atoms with Crippen molar-refractivity contribution in [3.63, 3.8) is 0 Å². The van der Waals surface area contributed by atoms with Gasteiger partial charge in [-0.2, -0.15) is 13.2 Å². The third kappa shape index (κ3) is 2.54. The molecule has 0 N–H and O–H groups in total. The van der Waals surface area contributed by atoms with Gasteiger partial charge < -0.3 is 0 Å².